The molecule has 2 nitrogen and oxygen atoms in total. The monoisotopic (exact) mass is 319 g/mol. The summed E-state index contributed by atoms with van der Waals surface area (Å²) < 4.78 is 1.13. The van der Waals surface area contributed by atoms with E-state index in [0.29, 0.717) is 0 Å². The van der Waals surface area contributed by atoms with Crippen LogP contribution >= 0.6 is 15.9 Å². The van der Waals surface area contributed by atoms with Gasteiger partial charge in [-0.3, -0.25) is 0 Å². The molecule has 0 aliphatic carbocycles. The minimum atomic E-state index is 0.0973. The summed E-state index contributed by atoms with van der Waals surface area (Å²) in [5.41, 5.74) is 4.52. The Bertz CT molecular complexity index is 568. The molecule has 0 saturated heterocycles. The molecule has 0 heterocycles. The van der Waals surface area contributed by atoms with Gasteiger partial charge in [0.15, 0.2) is 0 Å². The summed E-state index contributed by atoms with van der Waals surface area (Å²) in [4.78, 5) is 2.20. The van der Waals surface area contributed by atoms with Crippen molar-refractivity contribution in [2.24, 2.45) is 0 Å². The van der Waals surface area contributed by atoms with Crippen molar-refractivity contribution in [1.29, 1.82) is 0 Å². The van der Waals surface area contributed by atoms with Crippen molar-refractivity contribution in [2.75, 3.05) is 11.9 Å². The average molecular weight is 320 g/mol. The van der Waals surface area contributed by atoms with Crippen LogP contribution < -0.4 is 4.90 Å². The summed E-state index contributed by atoms with van der Waals surface area (Å²) in [5, 5.41) is 9.20. The molecule has 2 aromatic carbocycles. The predicted molar refractivity (Wildman–Crippen MR) is 83.4 cm³/mol. The maximum absolute atomic E-state index is 9.20. The zero-order valence-electron chi connectivity index (χ0n) is 11.2. The average Bonchev–Trinajstić information content (AvgIpc) is 2.41. The Balaban J connectivity index is 2.18. The number of halogens is 1. The quantitative estimate of drug-likeness (QED) is 0.924. The van der Waals surface area contributed by atoms with E-state index in [-0.39, 0.29) is 6.61 Å². The molecule has 0 atom stereocenters. The first-order chi connectivity index (χ1) is 9.11. The second-order valence-electron chi connectivity index (χ2n) is 4.72. The number of hydrogen-bond acceptors (Lipinski definition) is 2. The highest BCUT2D eigenvalue weighted by molar-refractivity contribution is 9.10. The fourth-order valence-corrected chi connectivity index (χ4v) is 2.48. The molecule has 0 aliphatic rings. The van der Waals surface area contributed by atoms with Crippen molar-refractivity contribution in [1.82, 2.24) is 0 Å². The molecule has 0 amide bonds. The van der Waals surface area contributed by atoms with Crippen LogP contribution in [0.4, 0.5) is 5.69 Å². The van der Waals surface area contributed by atoms with E-state index < -0.39 is 0 Å². The van der Waals surface area contributed by atoms with Crippen molar-refractivity contribution in [2.45, 2.75) is 20.1 Å². The van der Waals surface area contributed by atoms with Crippen LogP contribution in [-0.4, -0.2) is 12.2 Å². The molecule has 0 radical (unpaired) electrons. The van der Waals surface area contributed by atoms with Gasteiger partial charge >= 0.3 is 0 Å². The molecule has 0 saturated carbocycles. The van der Waals surface area contributed by atoms with E-state index in [1.165, 1.54) is 5.56 Å². The summed E-state index contributed by atoms with van der Waals surface area (Å²) in [7, 11) is 2.08. The van der Waals surface area contributed by atoms with Gasteiger partial charge in [0.1, 0.15) is 0 Å². The van der Waals surface area contributed by atoms with Crippen LogP contribution in [-0.2, 0) is 13.2 Å². The van der Waals surface area contributed by atoms with Crippen LogP contribution in [0.5, 0.6) is 0 Å². The first kappa shape index (κ1) is 14.1. The maximum atomic E-state index is 9.20. The van der Waals surface area contributed by atoms with E-state index in [2.05, 4.69) is 52.1 Å². The summed E-state index contributed by atoms with van der Waals surface area (Å²) >= 11 is 3.57. The molecule has 3 heteroatoms. The van der Waals surface area contributed by atoms with Crippen LogP contribution in [0.1, 0.15) is 16.7 Å². The lowest BCUT2D eigenvalue weighted by atomic mass is 10.1. The number of benzene rings is 2. The standard InChI is InChI=1S/C16H18BrNO/c1-12-9-15(8-7-14(12)11-19)18(2)10-13-5-3-4-6-16(13)17/h3-9,19H,10-11H2,1-2H3. The third kappa shape index (κ3) is 3.37. The van der Waals surface area contributed by atoms with E-state index >= 15 is 0 Å². The molecular weight excluding hydrogens is 302 g/mol. The Kier molecular flexibility index (Phi) is 4.61. The van der Waals surface area contributed by atoms with Crippen molar-refractivity contribution in [3.05, 3.63) is 63.6 Å². The van der Waals surface area contributed by atoms with Gasteiger partial charge in [0.05, 0.1) is 6.61 Å². The molecule has 2 rings (SSSR count). The van der Waals surface area contributed by atoms with Crippen molar-refractivity contribution in [3.8, 4) is 0 Å². The number of aliphatic hydroxyl groups excluding tert-OH is 1. The van der Waals surface area contributed by atoms with Crippen molar-refractivity contribution in [3.63, 3.8) is 0 Å². The first-order valence-electron chi connectivity index (χ1n) is 6.26. The largest absolute Gasteiger partial charge is 0.392 e. The maximum Gasteiger partial charge on any atom is 0.0684 e. The van der Waals surface area contributed by atoms with Crippen molar-refractivity contribution >= 4 is 21.6 Å². The van der Waals surface area contributed by atoms with E-state index in [0.717, 1.165) is 27.8 Å². The highest BCUT2D eigenvalue weighted by Gasteiger charge is 2.06. The Morgan fingerprint density at radius 2 is 1.84 bits per heavy atom. The summed E-state index contributed by atoms with van der Waals surface area (Å²) in [6.07, 6.45) is 0. The fourth-order valence-electron chi connectivity index (χ4n) is 2.07. The van der Waals surface area contributed by atoms with Gasteiger partial charge in [-0.1, -0.05) is 40.2 Å². The van der Waals surface area contributed by atoms with Crippen LogP contribution in [0.15, 0.2) is 46.9 Å². The first-order valence-corrected chi connectivity index (χ1v) is 7.06. The van der Waals surface area contributed by atoms with Gasteiger partial charge in [-0.25, -0.2) is 0 Å². The lowest BCUT2D eigenvalue weighted by Gasteiger charge is -2.21. The summed E-state index contributed by atoms with van der Waals surface area (Å²) in [6, 6.07) is 14.4. The lowest BCUT2D eigenvalue weighted by molar-refractivity contribution is 0.281. The van der Waals surface area contributed by atoms with Gasteiger partial charge in [0, 0.05) is 23.8 Å². The third-order valence-corrected chi connectivity index (χ3v) is 4.08. The second-order valence-corrected chi connectivity index (χ2v) is 5.57. The highest BCUT2D eigenvalue weighted by Crippen LogP contribution is 2.23. The minimum absolute atomic E-state index is 0.0973. The molecule has 0 unspecified atom stereocenters. The topological polar surface area (TPSA) is 23.5 Å². The number of anilines is 1. The zero-order chi connectivity index (χ0) is 13.8. The number of hydrogen-bond donors (Lipinski definition) is 1. The molecule has 1 N–H and O–H groups in total. The normalized spacial score (nSPS) is 10.5. The Morgan fingerprint density at radius 3 is 2.47 bits per heavy atom. The predicted octanol–water partition coefficient (Wildman–Crippen LogP) is 3.89. The molecule has 0 aromatic heterocycles. The molecular formula is C16H18BrNO. The molecule has 0 aliphatic heterocycles. The van der Waals surface area contributed by atoms with E-state index in [9.17, 15) is 5.11 Å². The third-order valence-electron chi connectivity index (χ3n) is 3.30. The summed E-state index contributed by atoms with van der Waals surface area (Å²) in [6.45, 7) is 2.97. The molecule has 100 valence electrons. The van der Waals surface area contributed by atoms with E-state index in [1.54, 1.807) is 0 Å². The number of rotatable bonds is 4. The number of nitrogens with zero attached hydrogens (tertiary/aromatic N) is 1. The highest BCUT2D eigenvalue weighted by atomic mass is 79.9. The van der Waals surface area contributed by atoms with Crippen molar-refractivity contribution < 1.29 is 5.11 Å². The van der Waals surface area contributed by atoms with Crippen LogP contribution in [0.3, 0.4) is 0 Å². The SMILES string of the molecule is Cc1cc(N(C)Cc2ccccc2Br)ccc1CO. The Morgan fingerprint density at radius 1 is 1.11 bits per heavy atom. The minimum Gasteiger partial charge on any atom is -0.392 e. The van der Waals surface area contributed by atoms with Crippen LogP contribution in [0.2, 0.25) is 0 Å². The Hall–Kier alpha value is -1.32. The van der Waals surface area contributed by atoms with Gasteiger partial charge in [-0.05, 0) is 41.8 Å². The van der Waals surface area contributed by atoms with Gasteiger partial charge in [0.2, 0.25) is 0 Å². The van der Waals surface area contributed by atoms with Gasteiger partial charge < -0.3 is 10.0 Å². The molecule has 0 spiro atoms. The van der Waals surface area contributed by atoms with Crippen LogP contribution in [0, 0.1) is 6.92 Å². The van der Waals surface area contributed by atoms with E-state index in [4.69, 9.17) is 0 Å². The molecule has 0 bridgehead atoms. The second kappa shape index (κ2) is 6.22. The molecule has 2 aromatic rings. The van der Waals surface area contributed by atoms with Gasteiger partial charge in [-0.2, -0.15) is 0 Å². The van der Waals surface area contributed by atoms with Gasteiger partial charge in [0.25, 0.3) is 0 Å². The smallest absolute Gasteiger partial charge is 0.0684 e. The number of aliphatic hydroxyl groups is 1. The lowest BCUT2D eigenvalue weighted by Crippen LogP contribution is -2.16. The van der Waals surface area contributed by atoms with E-state index in [1.807, 2.05) is 25.1 Å². The Labute approximate surface area is 122 Å². The zero-order valence-corrected chi connectivity index (χ0v) is 12.8. The number of aryl methyl sites for hydroxylation is 1. The summed E-state index contributed by atoms with van der Waals surface area (Å²) in [5.74, 6) is 0. The fraction of sp³-hybridized carbons (Fsp3) is 0.250. The molecule has 0 fully saturated rings. The van der Waals surface area contributed by atoms with Crippen LogP contribution in [0.25, 0.3) is 0 Å². The molecule has 19 heavy (non-hydrogen) atoms. The van der Waals surface area contributed by atoms with Gasteiger partial charge in [-0.15, -0.1) is 0 Å².